The van der Waals surface area contributed by atoms with E-state index in [1.54, 1.807) is 0 Å². The summed E-state index contributed by atoms with van der Waals surface area (Å²) < 4.78 is 4.32. The van der Waals surface area contributed by atoms with Gasteiger partial charge in [0.15, 0.2) is 0 Å². The van der Waals surface area contributed by atoms with Gasteiger partial charge in [-0.25, -0.2) is 4.98 Å². The normalized spacial score (nSPS) is 17.6. The Kier molecular flexibility index (Phi) is 4.77. The molecule has 1 fully saturated rings. The van der Waals surface area contributed by atoms with Crippen molar-refractivity contribution in [3.63, 3.8) is 0 Å². The first kappa shape index (κ1) is 18.8. The number of likely N-dealkylation sites (tertiary alicyclic amines) is 1. The van der Waals surface area contributed by atoms with Crippen LogP contribution in [0.3, 0.4) is 0 Å². The van der Waals surface area contributed by atoms with Gasteiger partial charge >= 0.3 is 0 Å². The molecule has 1 aromatic carbocycles. The predicted octanol–water partition coefficient (Wildman–Crippen LogP) is 4.59. The van der Waals surface area contributed by atoms with E-state index in [0.29, 0.717) is 12.0 Å². The Morgan fingerprint density at radius 3 is 2.75 bits per heavy atom. The van der Waals surface area contributed by atoms with E-state index in [1.165, 1.54) is 10.9 Å². The van der Waals surface area contributed by atoms with Crippen molar-refractivity contribution in [2.24, 2.45) is 7.05 Å². The largest absolute Gasteiger partial charge is 0.339 e. The minimum Gasteiger partial charge on any atom is -0.339 e. The van der Waals surface area contributed by atoms with Crippen LogP contribution in [0.2, 0.25) is 0 Å². The second kappa shape index (κ2) is 7.12. The summed E-state index contributed by atoms with van der Waals surface area (Å²) in [5.74, 6) is 1.55. The Balaban J connectivity index is 1.66. The molecule has 0 aliphatic carbocycles. The number of hydrogen-bond donors (Lipinski definition) is 0. The molecule has 148 valence electrons. The van der Waals surface area contributed by atoms with Crippen LogP contribution in [0.5, 0.6) is 0 Å². The number of aromatic nitrogens is 3. The van der Waals surface area contributed by atoms with Gasteiger partial charge in [-0.05, 0) is 51.7 Å². The van der Waals surface area contributed by atoms with Crippen LogP contribution in [0.25, 0.3) is 10.9 Å². The first-order chi connectivity index (χ1) is 13.4. The molecule has 0 spiro atoms. The van der Waals surface area contributed by atoms with Gasteiger partial charge in [0, 0.05) is 49.9 Å². The Hall–Kier alpha value is -2.56. The molecular formula is C23H30N4O. The lowest BCUT2D eigenvalue weighted by Crippen LogP contribution is -2.40. The molecule has 3 heterocycles. The topological polar surface area (TPSA) is 43.1 Å². The molecule has 0 unspecified atom stereocenters. The van der Waals surface area contributed by atoms with Crippen molar-refractivity contribution in [2.75, 3.05) is 13.1 Å². The Bertz CT molecular complexity index is 1030. The zero-order valence-corrected chi connectivity index (χ0v) is 17.6. The lowest BCUT2D eigenvalue weighted by molar-refractivity contribution is 0.0693. The van der Waals surface area contributed by atoms with E-state index in [1.807, 2.05) is 18.1 Å². The predicted molar refractivity (Wildman–Crippen MR) is 113 cm³/mol. The van der Waals surface area contributed by atoms with E-state index in [4.69, 9.17) is 0 Å². The van der Waals surface area contributed by atoms with Gasteiger partial charge in [-0.15, -0.1) is 0 Å². The molecule has 0 N–H and O–H groups in total. The number of carbonyl (C=O) groups is 1. The van der Waals surface area contributed by atoms with Crippen LogP contribution in [0.4, 0.5) is 0 Å². The number of nitrogens with zero attached hydrogens (tertiary/aromatic N) is 4. The molecule has 28 heavy (non-hydrogen) atoms. The van der Waals surface area contributed by atoms with Crippen molar-refractivity contribution < 1.29 is 4.79 Å². The SMILES string of the molecule is Cc1c(C(=O)N2CCC[C@@H](c3nccn3C(C)C)C2)n(C)c2c(C)cccc12. The molecule has 5 heteroatoms. The van der Waals surface area contributed by atoms with Crippen molar-refractivity contribution in [1.82, 2.24) is 19.0 Å². The van der Waals surface area contributed by atoms with E-state index in [9.17, 15) is 4.79 Å². The first-order valence-corrected chi connectivity index (χ1v) is 10.3. The summed E-state index contributed by atoms with van der Waals surface area (Å²) in [4.78, 5) is 20.2. The van der Waals surface area contributed by atoms with Crippen LogP contribution in [0, 0.1) is 13.8 Å². The average Bonchev–Trinajstić information content (AvgIpc) is 3.26. The first-order valence-electron chi connectivity index (χ1n) is 10.3. The van der Waals surface area contributed by atoms with Gasteiger partial charge in [-0.1, -0.05) is 18.2 Å². The maximum Gasteiger partial charge on any atom is 0.270 e. The number of fused-ring (bicyclic) bond motifs is 1. The molecule has 4 rings (SSSR count). The molecule has 1 aliphatic rings. The van der Waals surface area contributed by atoms with E-state index < -0.39 is 0 Å². The lowest BCUT2D eigenvalue weighted by atomic mass is 9.96. The van der Waals surface area contributed by atoms with Crippen molar-refractivity contribution in [2.45, 2.75) is 52.5 Å². The van der Waals surface area contributed by atoms with Gasteiger partial charge in [0.25, 0.3) is 5.91 Å². The molecule has 0 bridgehead atoms. The van der Waals surface area contributed by atoms with Crippen LogP contribution in [0.1, 0.15) is 66.1 Å². The Labute approximate surface area is 167 Å². The minimum absolute atomic E-state index is 0.142. The fraction of sp³-hybridized carbons (Fsp3) is 0.478. The summed E-state index contributed by atoms with van der Waals surface area (Å²) in [6.45, 7) is 10.1. The zero-order valence-electron chi connectivity index (χ0n) is 17.6. The number of para-hydroxylation sites is 1. The van der Waals surface area contributed by atoms with Crippen LogP contribution >= 0.6 is 0 Å². The number of rotatable bonds is 3. The van der Waals surface area contributed by atoms with E-state index >= 15 is 0 Å². The molecule has 0 radical (unpaired) electrons. The third-order valence-electron chi connectivity index (χ3n) is 6.20. The summed E-state index contributed by atoms with van der Waals surface area (Å²) in [6, 6.07) is 6.68. The summed E-state index contributed by atoms with van der Waals surface area (Å²) >= 11 is 0. The van der Waals surface area contributed by atoms with E-state index in [0.717, 1.165) is 48.5 Å². The maximum atomic E-state index is 13.5. The third kappa shape index (κ3) is 2.93. The zero-order chi connectivity index (χ0) is 20.0. The van der Waals surface area contributed by atoms with Crippen LogP contribution in [0.15, 0.2) is 30.6 Å². The van der Waals surface area contributed by atoms with Crippen molar-refractivity contribution in [3.8, 4) is 0 Å². The second-order valence-electron chi connectivity index (χ2n) is 8.38. The van der Waals surface area contributed by atoms with Gasteiger partial charge in [-0.2, -0.15) is 0 Å². The van der Waals surface area contributed by atoms with Crippen molar-refractivity contribution >= 4 is 16.8 Å². The highest BCUT2D eigenvalue weighted by Gasteiger charge is 2.31. The fourth-order valence-electron chi connectivity index (χ4n) is 4.80. The Morgan fingerprint density at radius 1 is 1.25 bits per heavy atom. The molecule has 1 aliphatic heterocycles. The highest BCUT2D eigenvalue weighted by Crippen LogP contribution is 2.31. The van der Waals surface area contributed by atoms with E-state index in [2.05, 4.69) is 66.2 Å². The highest BCUT2D eigenvalue weighted by atomic mass is 16.2. The van der Waals surface area contributed by atoms with Crippen molar-refractivity contribution in [1.29, 1.82) is 0 Å². The third-order valence-corrected chi connectivity index (χ3v) is 6.20. The quantitative estimate of drug-likeness (QED) is 0.669. The molecule has 1 amide bonds. The molecule has 5 nitrogen and oxygen atoms in total. The van der Waals surface area contributed by atoms with Crippen LogP contribution in [-0.2, 0) is 7.05 Å². The number of benzene rings is 1. The Morgan fingerprint density at radius 2 is 2.04 bits per heavy atom. The fourth-order valence-corrected chi connectivity index (χ4v) is 4.80. The van der Waals surface area contributed by atoms with Gasteiger partial charge in [0.05, 0.1) is 5.52 Å². The average molecular weight is 379 g/mol. The van der Waals surface area contributed by atoms with Crippen LogP contribution in [-0.4, -0.2) is 38.0 Å². The molecule has 2 aromatic heterocycles. The number of amides is 1. The standard InChI is InChI=1S/C23H30N4O/c1-15(2)27-13-11-24-22(27)18-9-7-12-26(14-18)23(28)21-17(4)19-10-6-8-16(3)20(19)25(21)5/h6,8,10-11,13,15,18H,7,9,12,14H2,1-5H3/t18-/m1/s1. The molecule has 1 atom stereocenters. The number of hydrogen-bond acceptors (Lipinski definition) is 2. The number of imidazole rings is 1. The van der Waals surface area contributed by atoms with Gasteiger partial charge < -0.3 is 14.0 Å². The maximum absolute atomic E-state index is 13.5. The molecule has 3 aromatic rings. The molecular weight excluding hydrogens is 348 g/mol. The molecule has 0 saturated carbocycles. The highest BCUT2D eigenvalue weighted by molar-refractivity contribution is 6.02. The summed E-state index contributed by atoms with van der Waals surface area (Å²) in [5, 5.41) is 1.18. The number of aryl methyl sites for hydroxylation is 3. The van der Waals surface area contributed by atoms with Gasteiger partial charge in [0.1, 0.15) is 11.5 Å². The number of carbonyl (C=O) groups excluding carboxylic acids is 1. The summed E-state index contributed by atoms with van der Waals surface area (Å²) in [5.41, 5.74) is 4.26. The van der Waals surface area contributed by atoms with Gasteiger partial charge in [0.2, 0.25) is 0 Å². The summed E-state index contributed by atoms with van der Waals surface area (Å²) in [7, 11) is 2.02. The van der Waals surface area contributed by atoms with Crippen molar-refractivity contribution in [3.05, 3.63) is 53.2 Å². The lowest BCUT2D eigenvalue weighted by Gasteiger charge is -2.33. The second-order valence-corrected chi connectivity index (χ2v) is 8.38. The van der Waals surface area contributed by atoms with Gasteiger partial charge in [-0.3, -0.25) is 4.79 Å². The monoisotopic (exact) mass is 378 g/mol. The summed E-state index contributed by atoms with van der Waals surface area (Å²) in [6.07, 6.45) is 6.04. The number of piperidine rings is 1. The minimum atomic E-state index is 0.142. The van der Waals surface area contributed by atoms with E-state index in [-0.39, 0.29) is 5.91 Å². The smallest absolute Gasteiger partial charge is 0.270 e. The van der Waals surface area contributed by atoms with Crippen LogP contribution < -0.4 is 0 Å². The molecule has 1 saturated heterocycles.